The van der Waals surface area contributed by atoms with Crippen molar-refractivity contribution in [3.8, 4) is 0 Å². The molecule has 8 heavy (non-hydrogen) atoms. The Morgan fingerprint density at radius 2 is 2.50 bits per heavy atom. The van der Waals surface area contributed by atoms with Gasteiger partial charge >= 0.3 is 5.97 Å². The monoisotopic (exact) mass is 136 g/mol. The smallest absolute Gasteiger partial charge is 0.306 e. The molecule has 0 aliphatic rings. The maximum atomic E-state index is 10.2. The number of ether oxygens (including phenoxy) is 1. The van der Waals surface area contributed by atoms with Crippen molar-refractivity contribution in [3.63, 3.8) is 0 Å². The van der Waals surface area contributed by atoms with Crippen molar-refractivity contribution in [2.24, 2.45) is 0 Å². The second-order valence-corrected chi connectivity index (χ2v) is 1.83. The minimum absolute atomic E-state index is 0.275. The third kappa shape index (κ3) is 3.95. The third-order valence-electron chi connectivity index (χ3n) is 0.625. The normalized spacial score (nSPS) is 8.75. The highest BCUT2D eigenvalue weighted by Gasteiger charge is 1.96. The molecule has 0 atom stereocenters. The molecule has 0 spiro atoms. The first-order valence-corrected chi connectivity index (χ1v) is 3.08. The first-order chi connectivity index (χ1) is 3.81. The van der Waals surface area contributed by atoms with Crippen LogP contribution in [0.3, 0.4) is 0 Å². The number of methoxy groups -OCH3 is 1. The molecule has 0 aliphatic heterocycles. The Morgan fingerprint density at radius 3 is 2.88 bits per heavy atom. The molecule has 0 heterocycles. The van der Waals surface area contributed by atoms with E-state index in [1.807, 2.05) is 0 Å². The number of carbonyl (C=O) groups excluding carboxylic acids is 1. The summed E-state index contributed by atoms with van der Waals surface area (Å²) in [4.78, 5) is 10.2. The van der Waals surface area contributed by atoms with Gasteiger partial charge in [0.25, 0.3) is 0 Å². The molecule has 0 radical (unpaired) electrons. The second-order valence-electron chi connectivity index (χ2n) is 1.16. The molecule has 0 aliphatic carbocycles. The van der Waals surface area contributed by atoms with Crippen LogP contribution in [-0.2, 0) is 9.53 Å². The van der Waals surface area contributed by atoms with Crippen LogP contribution in [0.25, 0.3) is 0 Å². The van der Waals surface area contributed by atoms with Gasteiger partial charge in [0.2, 0.25) is 0 Å². The lowest BCUT2D eigenvalue weighted by molar-refractivity contribution is -0.140. The summed E-state index contributed by atoms with van der Waals surface area (Å²) in [6, 6.07) is 0. The molecule has 1 N–H and O–H groups in total. The van der Waals surface area contributed by atoms with Gasteiger partial charge in [-0.05, 0) is 12.0 Å². The Labute approximate surface area is 52.2 Å². The van der Waals surface area contributed by atoms with Crippen molar-refractivity contribution in [1.29, 1.82) is 0 Å². The molecular formula is C4H8O3S. The molecule has 3 nitrogen and oxygen atoms in total. The summed E-state index contributed by atoms with van der Waals surface area (Å²) in [6.07, 6.45) is 0.275. The lowest BCUT2D eigenvalue weighted by Gasteiger charge is -1.92. The molecule has 4 heteroatoms. The number of hydrogen-bond acceptors (Lipinski definition) is 4. The van der Waals surface area contributed by atoms with Gasteiger partial charge < -0.3 is 9.29 Å². The standard InChI is InChI=1S/C4H8O3S/c1-7-4(5)2-3-8-6/h6H,2-3H2,1H3. The van der Waals surface area contributed by atoms with Crippen LogP contribution in [0.1, 0.15) is 6.42 Å². The van der Waals surface area contributed by atoms with E-state index in [4.69, 9.17) is 4.55 Å². The fourth-order valence-corrected chi connectivity index (χ4v) is 0.489. The summed E-state index contributed by atoms with van der Waals surface area (Å²) in [6.45, 7) is 0. The third-order valence-corrected chi connectivity index (χ3v) is 1.01. The lowest BCUT2D eigenvalue weighted by atomic mass is 10.5. The number of hydrogen-bond donors (Lipinski definition) is 1. The van der Waals surface area contributed by atoms with Crippen LogP contribution in [0.15, 0.2) is 0 Å². The van der Waals surface area contributed by atoms with Gasteiger partial charge in [0.15, 0.2) is 0 Å². The molecule has 0 aromatic rings. The lowest BCUT2D eigenvalue weighted by Crippen LogP contribution is -2.00. The van der Waals surface area contributed by atoms with Crippen LogP contribution in [0.2, 0.25) is 0 Å². The molecule has 0 aromatic heterocycles. The van der Waals surface area contributed by atoms with Crippen molar-refractivity contribution >= 4 is 18.0 Å². The predicted octanol–water partition coefficient (Wildman–Crippen LogP) is 0.756. The first kappa shape index (κ1) is 7.78. The van der Waals surface area contributed by atoms with Crippen LogP contribution in [-0.4, -0.2) is 23.4 Å². The maximum absolute atomic E-state index is 10.2. The number of rotatable bonds is 3. The Bertz CT molecular complexity index is 73.7. The SMILES string of the molecule is COC(=O)CCSO. The van der Waals surface area contributed by atoms with Crippen molar-refractivity contribution in [2.45, 2.75) is 6.42 Å². The highest BCUT2D eigenvalue weighted by Crippen LogP contribution is 1.94. The van der Waals surface area contributed by atoms with Crippen LogP contribution < -0.4 is 0 Å². The molecule has 0 unspecified atom stereocenters. The van der Waals surface area contributed by atoms with E-state index in [-0.39, 0.29) is 12.4 Å². The van der Waals surface area contributed by atoms with Gasteiger partial charge in [0.1, 0.15) is 0 Å². The average molecular weight is 136 g/mol. The van der Waals surface area contributed by atoms with Crippen LogP contribution in [0.5, 0.6) is 0 Å². The Kier molecular flexibility index (Phi) is 4.79. The van der Waals surface area contributed by atoms with E-state index in [1.165, 1.54) is 7.11 Å². The molecule has 0 rings (SSSR count). The Balaban J connectivity index is 2.99. The first-order valence-electron chi connectivity index (χ1n) is 2.14. The molecule has 0 fully saturated rings. The number of carbonyl (C=O) groups is 1. The van der Waals surface area contributed by atoms with E-state index < -0.39 is 0 Å². The summed E-state index contributed by atoms with van der Waals surface area (Å²) in [5.74, 6) is 0.124. The van der Waals surface area contributed by atoms with Gasteiger partial charge in [-0.2, -0.15) is 0 Å². The van der Waals surface area contributed by atoms with Crippen molar-refractivity contribution < 1.29 is 14.1 Å². The van der Waals surface area contributed by atoms with Crippen molar-refractivity contribution in [2.75, 3.05) is 12.9 Å². The zero-order chi connectivity index (χ0) is 6.41. The molecule has 0 bridgehead atoms. The van der Waals surface area contributed by atoms with E-state index in [9.17, 15) is 4.79 Å². The molecule has 48 valence electrons. The topological polar surface area (TPSA) is 46.5 Å². The van der Waals surface area contributed by atoms with Gasteiger partial charge in [-0.15, -0.1) is 0 Å². The van der Waals surface area contributed by atoms with Gasteiger partial charge in [-0.1, -0.05) is 0 Å². The van der Waals surface area contributed by atoms with Crippen LogP contribution >= 0.6 is 12.0 Å². The zero-order valence-corrected chi connectivity index (χ0v) is 5.40. The largest absolute Gasteiger partial charge is 0.469 e. The summed E-state index contributed by atoms with van der Waals surface area (Å²) in [5.41, 5.74) is 0. The van der Waals surface area contributed by atoms with E-state index in [0.717, 1.165) is 0 Å². The van der Waals surface area contributed by atoms with E-state index in [1.54, 1.807) is 0 Å². The van der Waals surface area contributed by atoms with Crippen LogP contribution in [0.4, 0.5) is 0 Å². The Morgan fingerprint density at radius 1 is 1.88 bits per heavy atom. The van der Waals surface area contributed by atoms with Gasteiger partial charge in [0, 0.05) is 5.75 Å². The molecule has 0 aromatic carbocycles. The molecule has 0 saturated heterocycles. The number of esters is 1. The fraction of sp³-hybridized carbons (Fsp3) is 0.750. The van der Waals surface area contributed by atoms with Gasteiger partial charge in [0.05, 0.1) is 13.5 Å². The van der Waals surface area contributed by atoms with Crippen molar-refractivity contribution in [3.05, 3.63) is 0 Å². The van der Waals surface area contributed by atoms with Gasteiger partial charge in [-0.3, -0.25) is 4.79 Å². The van der Waals surface area contributed by atoms with E-state index in [2.05, 4.69) is 4.74 Å². The van der Waals surface area contributed by atoms with E-state index >= 15 is 0 Å². The summed E-state index contributed by atoms with van der Waals surface area (Å²) < 4.78 is 12.4. The minimum atomic E-state index is -0.286. The zero-order valence-electron chi connectivity index (χ0n) is 4.59. The molecule has 0 saturated carbocycles. The fourth-order valence-electron chi connectivity index (χ4n) is 0.231. The summed E-state index contributed by atoms with van der Waals surface area (Å²) in [7, 11) is 1.32. The quantitative estimate of drug-likeness (QED) is 0.459. The summed E-state index contributed by atoms with van der Waals surface area (Å²) in [5, 5.41) is 0. The Hall–Kier alpha value is -0.220. The maximum Gasteiger partial charge on any atom is 0.306 e. The van der Waals surface area contributed by atoms with Crippen LogP contribution in [0, 0.1) is 0 Å². The predicted molar refractivity (Wildman–Crippen MR) is 31.7 cm³/mol. The molecular weight excluding hydrogens is 128 g/mol. The summed E-state index contributed by atoms with van der Waals surface area (Å²) >= 11 is 0.644. The second kappa shape index (κ2) is 4.93. The molecule has 0 amide bonds. The highest BCUT2D eigenvalue weighted by molar-refractivity contribution is 7.93. The van der Waals surface area contributed by atoms with Crippen molar-refractivity contribution in [1.82, 2.24) is 0 Å². The highest BCUT2D eigenvalue weighted by atomic mass is 32.2. The van der Waals surface area contributed by atoms with Gasteiger partial charge in [-0.25, -0.2) is 0 Å². The van der Waals surface area contributed by atoms with E-state index in [0.29, 0.717) is 17.8 Å². The minimum Gasteiger partial charge on any atom is -0.469 e. The average Bonchev–Trinajstić information content (AvgIpc) is 1.83.